The van der Waals surface area contributed by atoms with E-state index in [2.05, 4.69) is 39.9 Å². The molecule has 0 radical (unpaired) electrons. The van der Waals surface area contributed by atoms with Gasteiger partial charge in [0, 0.05) is 51.6 Å². The summed E-state index contributed by atoms with van der Waals surface area (Å²) in [6.07, 6.45) is 6.96. The molecule has 0 spiro atoms. The molecule has 0 unspecified atom stereocenters. The summed E-state index contributed by atoms with van der Waals surface area (Å²) in [5.74, 6) is 9.07. The van der Waals surface area contributed by atoms with E-state index in [1.807, 2.05) is 25.1 Å². The monoisotopic (exact) mass is 464 g/mol. The first-order valence-electron chi connectivity index (χ1n) is 12.8. The molecule has 2 aromatic rings. The standard InChI is InChI=1S/C27H40N6O/c1-5-13-32-17-11-22(12-18-32)28-26-23-20-25(34-4)21(10-6-7-14-33-15-8-9-16-33)19-24(23)29-27(30-26)31(2)3/h19-20,22H,5,7-9,11-18H2,1-4H3,(H,28,29,30). The minimum Gasteiger partial charge on any atom is -0.495 e. The van der Waals surface area contributed by atoms with E-state index in [0.29, 0.717) is 12.0 Å². The number of ether oxygens (including phenoxy) is 1. The molecule has 4 rings (SSSR count). The Morgan fingerprint density at radius 3 is 2.47 bits per heavy atom. The summed E-state index contributed by atoms with van der Waals surface area (Å²) in [4.78, 5) is 16.7. The molecule has 3 heterocycles. The Hall–Kier alpha value is -2.56. The van der Waals surface area contributed by atoms with Crippen LogP contribution in [0.2, 0.25) is 0 Å². The summed E-state index contributed by atoms with van der Waals surface area (Å²) in [5.41, 5.74) is 1.79. The fourth-order valence-electron chi connectivity index (χ4n) is 4.91. The third kappa shape index (κ3) is 6.11. The van der Waals surface area contributed by atoms with E-state index in [0.717, 1.165) is 66.9 Å². The number of likely N-dealkylation sites (tertiary alicyclic amines) is 2. The number of aromatic nitrogens is 2. The van der Waals surface area contributed by atoms with Gasteiger partial charge in [0.1, 0.15) is 11.6 Å². The summed E-state index contributed by atoms with van der Waals surface area (Å²) >= 11 is 0. The van der Waals surface area contributed by atoms with E-state index in [-0.39, 0.29) is 0 Å². The molecular weight excluding hydrogens is 424 g/mol. The first kappa shape index (κ1) is 24.6. The quantitative estimate of drug-likeness (QED) is 0.596. The van der Waals surface area contributed by atoms with Gasteiger partial charge in [-0.3, -0.25) is 0 Å². The van der Waals surface area contributed by atoms with Crippen molar-refractivity contribution in [2.75, 3.05) is 70.7 Å². The fraction of sp³-hybridized carbons (Fsp3) is 0.630. The maximum absolute atomic E-state index is 5.73. The molecule has 184 valence electrons. The number of anilines is 2. The first-order valence-corrected chi connectivity index (χ1v) is 12.8. The van der Waals surface area contributed by atoms with Gasteiger partial charge < -0.3 is 24.8 Å². The minimum absolute atomic E-state index is 0.414. The molecule has 0 aliphatic carbocycles. The van der Waals surface area contributed by atoms with Gasteiger partial charge in [-0.25, -0.2) is 4.98 Å². The van der Waals surface area contributed by atoms with E-state index >= 15 is 0 Å². The maximum Gasteiger partial charge on any atom is 0.227 e. The number of hydrogen-bond acceptors (Lipinski definition) is 7. The molecule has 0 atom stereocenters. The Labute approximate surface area is 204 Å². The Balaban J connectivity index is 1.57. The van der Waals surface area contributed by atoms with Crippen LogP contribution in [0.4, 0.5) is 11.8 Å². The topological polar surface area (TPSA) is 56.8 Å². The second kappa shape index (κ2) is 11.7. The van der Waals surface area contributed by atoms with Gasteiger partial charge in [-0.15, -0.1) is 0 Å². The van der Waals surface area contributed by atoms with Crippen molar-refractivity contribution in [3.05, 3.63) is 17.7 Å². The van der Waals surface area contributed by atoms with Crippen molar-refractivity contribution < 1.29 is 4.74 Å². The average molecular weight is 465 g/mol. The largest absolute Gasteiger partial charge is 0.495 e. The molecule has 34 heavy (non-hydrogen) atoms. The van der Waals surface area contributed by atoms with Crippen LogP contribution in [0.5, 0.6) is 5.75 Å². The molecule has 7 nitrogen and oxygen atoms in total. The van der Waals surface area contributed by atoms with Crippen molar-refractivity contribution in [1.82, 2.24) is 19.8 Å². The van der Waals surface area contributed by atoms with Crippen LogP contribution in [-0.2, 0) is 0 Å². The molecule has 0 amide bonds. The Bertz CT molecular complexity index is 1010. The van der Waals surface area contributed by atoms with Gasteiger partial charge in [0.05, 0.1) is 18.2 Å². The molecule has 2 saturated heterocycles. The fourth-order valence-corrected chi connectivity index (χ4v) is 4.91. The zero-order chi connectivity index (χ0) is 23.9. The highest BCUT2D eigenvalue weighted by Crippen LogP contribution is 2.31. The predicted molar refractivity (Wildman–Crippen MR) is 141 cm³/mol. The molecule has 2 aliphatic rings. The molecular formula is C27H40N6O. The summed E-state index contributed by atoms with van der Waals surface area (Å²) in [6.45, 7) is 9.16. The number of fused-ring (bicyclic) bond motifs is 1. The lowest BCUT2D eigenvalue weighted by molar-refractivity contribution is 0.219. The number of benzene rings is 1. The number of piperidine rings is 1. The summed E-state index contributed by atoms with van der Waals surface area (Å²) < 4.78 is 5.73. The van der Waals surface area contributed by atoms with Crippen LogP contribution >= 0.6 is 0 Å². The van der Waals surface area contributed by atoms with E-state index in [4.69, 9.17) is 14.7 Å². The third-order valence-corrected chi connectivity index (χ3v) is 6.85. The number of rotatable bonds is 8. The van der Waals surface area contributed by atoms with Gasteiger partial charge in [-0.2, -0.15) is 4.98 Å². The minimum atomic E-state index is 0.414. The van der Waals surface area contributed by atoms with Crippen LogP contribution in [0.1, 0.15) is 51.0 Å². The summed E-state index contributed by atoms with van der Waals surface area (Å²) in [6, 6.07) is 4.52. The van der Waals surface area contributed by atoms with Crippen molar-refractivity contribution in [2.45, 2.75) is 51.5 Å². The highest BCUT2D eigenvalue weighted by atomic mass is 16.5. The van der Waals surface area contributed by atoms with E-state index < -0.39 is 0 Å². The van der Waals surface area contributed by atoms with Crippen molar-refractivity contribution in [1.29, 1.82) is 0 Å². The Kier molecular flexibility index (Phi) is 8.47. The van der Waals surface area contributed by atoms with Gasteiger partial charge in [-0.1, -0.05) is 18.8 Å². The zero-order valence-electron chi connectivity index (χ0n) is 21.4. The summed E-state index contributed by atoms with van der Waals surface area (Å²) in [5, 5.41) is 4.72. The molecule has 1 N–H and O–H groups in total. The number of hydrogen-bond donors (Lipinski definition) is 1. The molecule has 0 bridgehead atoms. The molecule has 1 aromatic heterocycles. The van der Waals surface area contributed by atoms with Crippen LogP contribution in [0, 0.1) is 11.8 Å². The second-order valence-corrected chi connectivity index (χ2v) is 9.70. The molecule has 2 aliphatic heterocycles. The van der Waals surface area contributed by atoms with Crippen LogP contribution in [0.15, 0.2) is 12.1 Å². The van der Waals surface area contributed by atoms with Gasteiger partial charge in [0.15, 0.2) is 0 Å². The highest BCUT2D eigenvalue weighted by Gasteiger charge is 2.21. The lowest BCUT2D eigenvalue weighted by Crippen LogP contribution is -2.39. The number of nitrogens with one attached hydrogen (secondary N) is 1. The van der Waals surface area contributed by atoms with Crippen LogP contribution in [0.25, 0.3) is 10.9 Å². The van der Waals surface area contributed by atoms with Crippen LogP contribution in [0.3, 0.4) is 0 Å². The Morgan fingerprint density at radius 2 is 1.79 bits per heavy atom. The first-order chi connectivity index (χ1) is 16.6. The van der Waals surface area contributed by atoms with E-state index in [1.165, 1.54) is 38.9 Å². The van der Waals surface area contributed by atoms with Crippen molar-refractivity contribution >= 4 is 22.7 Å². The molecule has 1 aromatic carbocycles. The predicted octanol–water partition coefficient (Wildman–Crippen LogP) is 3.83. The molecule has 7 heteroatoms. The maximum atomic E-state index is 5.73. The lowest BCUT2D eigenvalue weighted by atomic mass is 10.0. The van der Waals surface area contributed by atoms with E-state index in [9.17, 15) is 0 Å². The Morgan fingerprint density at radius 1 is 1.06 bits per heavy atom. The number of nitrogens with zero attached hydrogens (tertiary/aromatic N) is 5. The van der Waals surface area contributed by atoms with Crippen molar-refractivity contribution in [3.8, 4) is 17.6 Å². The molecule has 2 fully saturated rings. The van der Waals surface area contributed by atoms with Crippen molar-refractivity contribution in [2.24, 2.45) is 0 Å². The van der Waals surface area contributed by atoms with Gasteiger partial charge in [0.25, 0.3) is 0 Å². The van der Waals surface area contributed by atoms with E-state index in [1.54, 1.807) is 7.11 Å². The normalized spacial score (nSPS) is 17.5. The smallest absolute Gasteiger partial charge is 0.227 e. The van der Waals surface area contributed by atoms with Crippen LogP contribution in [-0.4, -0.2) is 86.3 Å². The average Bonchev–Trinajstić information content (AvgIpc) is 3.36. The van der Waals surface area contributed by atoms with Gasteiger partial charge >= 0.3 is 0 Å². The zero-order valence-corrected chi connectivity index (χ0v) is 21.4. The van der Waals surface area contributed by atoms with Crippen molar-refractivity contribution in [3.63, 3.8) is 0 Å². The van der Waals surface area contributed by atoms with Gasteiger partial charge in [-0.05, 0) is 63.9 Å². The SMILES string of the molecule is CCCN1CCC(Nc2nc(N(C)C)nc3cc(C#CCCN4CCCC4)c(OC)cc23)CC1. The van der Waals surface area contributed by atoms with Crippen LogP contribution < -0.4 is 15.0 Å². The molecule has 0 saturated carbocycles. The highest BCUT2D eigenvalue weighted by molar-refractivity contribution is 5.92. The van der Waals surface area contributed by atoms with Gasteiger partial charge in [0.2, 0.25) is 5.95 Å². The summed E-state index contributed by atoms with van der Waals surface area (Å²) in [7, 11) is 5.68. The number of methoxy groups -OCH3 is 1. The lowest BCUT2D eigenvalue weighted by Gasteiger charge is -2.32. The second-order valence-electron chi connectivity index (χ2n) is 9.70. The third-order valence-electron chi connectivity index (χ3n) is 6.85.